The number of aromatic nitrogens is 1. The van der Waals surface area contributed by atoms with E-state index in [-0.39, 0.29) is 11.8 Å². The van der Waals surface area contributed by atoms with Crippen LogP contribution in [0.2, 0.25) is 0 Å². The Hall–Kier alpha value is -2.43. The highest BCUT2D eigenvalue weighted by molar-refractivity contribution is 6.10. The number of nitrogens with one attached hydrogen (secondary N) is 2. The summed E-state index contributed by atoms with van der Waals surface area (Å²) in [6, 6.07) is 17.4. The molecule has 0 unspecified atom stereocenters. The summed E-state index contributed by atoms with van der Waals surface area (Å²) >= 11 is 0. The van der Waals surface area contributed by atoms with E-state index in [4.69, 9.17) is 4.74 Å². The molecule has 0 bridgehead atoms. The first kappa shape index (κ1) is 17.4. The molecular weight excluding hydrogens is 312 g/mol. The van der Waals surface area contributed by atoms with Crippen LogP contribution < -0.4 is 5.32 Å². The van der Waals surface area contributed by atoms with E-state index in [0.29, 0.717) is 6.61 Å². The number of hydrogen-bond donors (Lipinski definition) is 2. The van der Waals surface area contributed by atoms with Crippen molar-refractivity contribution in [2.24, 2.45) is 0 Å². The Morgan fingerprint density at radius 1 is 1.12 bits per heavy atom. The predicted molar refractivity (Wildman–Crippen MR) is 101 cm³/mol. The molecule has 1 atom stereocenters. The third-order valence-electron chi connectivity index (χ3n) is 4.27. The maximum Gasteiger partial charge on any atom is 0.186 e. The zero-order chi connectivity index (χ0) is 17.5. The molecule has 0 spiro atoms. The van der Waals surface area contributed by atoms with Crippen LogP contribution in [-0.4, -0.2) is 30.5 Å². The fraction of sp³-hybridized carbons (Fsp3) is 0.286. The Labute approximate surface area is 148 Å². The largest absolute Gasteiger partial charge is 0.382 e. The minimum absolute atomic E-state index is 0.0834. The molecular formula is C21H24N2O2. The molecule has 0 saturated heterocycles. The molecule has 2 aromatic carbocycles. The third kappa shape index (κ3) is 4.16. The van der Waals surface area contributed by atoms with Crippen LogP contribution >= 0.6 is 0 Å². The van der Waals surface area contributed by atoms with E-state index >= 15 is 0 Å². The Kier molecular flexibility index (Phi) is 5.99. The lowest BCUT2D eigenvalue weighted by Gasteiger charge is -2.18. The maximum absolute atomic E-state index is 13.2. The molecule has 3 rings (SSSR count). The smallest absolute Gasteiger partial charge is 0.186 e. The van der Waals surface area contributed by atoms with Crippen molar-refractivity contribution in [1.29, 1.82) is 0 Å². The quantitative estimate of drug-likeness (QED) is 0.457. The second-order valence-electron chi connectivity index (χ2n) is 5.96. The standard InChI is InChI=1S/C21H24N2O2/c1-2-25-14-8-13-22-20(16-9-4-3-5-10-16)21(24)18-15-23-19-12-7-6-11-17(18)19/h3-7,9-12,15,20,22-23H,2,8,13-14H2,1H3/t20-/m0/s1. The number of para-hydroxylation sites is 1. The van der Waals surface area contributed by atoms with Crippen molar-refractivity contribution >= 4 is 16.7 Å². The summed E-state index contributed by atoms with van der Waals surface area (Å²) in [6.07, 6.45) is 2.68. The van der Waals surface area contributed by atoms with Gasteiger partial charge < -0.3 is 15.0 Å². The molecule has 0 radical (unpaired) electrons. The molecule has 130 valence electrons. The summed E-state index contributed by atoms with van der Waals surface area (Å²) in [5.41, 5.74) is 2.69. The molecule has 0 aliphatic carbocycles. The number of Topliss-reactive ketones (excluding diaryl/α,β-unsaturated/α-hetero) is 1. The van der Waals surface area contributed by atoms with E-state index in [1.165, 1.54) is 0 Å². The SMILES string of the molecule is CCOCCCN[C@H](C(=O)c1c[nH]c2ccccc12)c1ccccc1. The molecule has 0 amide bonds. The summed E-state index contributed by atoms with van der Waals surface area (Å²) in [6.45, 7) is 4.14. The van der Waals surface area contributed by atoms with E-state index < -0.39 is 0 Å². The first-order chi connectivity index (χ1) is 12.3. The lowest BCUT2D eigenvalue weighted by Crippen LogP contribution is -2.30. The Bertz CT molecular complexity index is 811. The average Bonchev–Trinajstić information content (AvgIpc) is 3.09. The van der Waals surface area contributed by atoms with E-state index in [9.17, 15) is 4.79 Å². The van der Waals surface area contributed by atoms with Gasteiger partial charge in [0.25, 0.3) is 0 Å². The highest BCUT2D eigenvalue weighted by Gasteiger charge is 2.23. The second kappa shape index (κ2) is 8.60. The number of fused-ring (bicyclic) bond motifs is 1. The number of hydrogen-bond acceptors (Lipinski definition) is 3. The molecule has 0 aliphatic heterocycles. The molecule has 1 aromatic heterocycles. The minimum atomic E-state index is -0.359. The number of aromatic amines is 1. The summed E-state index contributed by atoms with van der Waals surface area (Å²) in [5, 5.41) is 4.37. The number of ketones is 1. The van der Waals surface area contributed by atoms with Crippen molar-refractivity contribution in [3.63, 3.8) is 0 Å². The third-order valence-corrected chi connectivity index (χ3v) is 4.27. The molecule has 4 heteroatoms. The van der Waals surface area contributed by atoms with Gasteiger partial charge in [-0.05, 0) is 31.5 Å². The van der Waals surface area contributed by atoms with E-state index in [2.05, 4.69) is 10.3 Å². The first-order valence-electron chi connectivity index (χ1n) is 8.77. The molecule has 1 heterocycles. The van der Waals surface area contributed by atoms with Gasteiger partial charge in [-0.2, -0.15) is 0 Å². The lowest BCUT2D eigenvalue weighted by atomic mass is 9.97. The van der Waals surface area contributed by atoms with Crippen molar-refractivity contribution < 1.29 is 9.53 Å². The Morgan fingerprint density at radius 2 is 1.88 bits per heavy atom. The predicted octanol–water partition coefficient (Wildman–Crippen LogP) is 4.11. The Morgan fingerprint density at radius 3 is 2.68 bits per heavy atom. The van der Waals surface area contributed by atoms with Crippen molar-refractivity contribution in [2.75, 3.05) is 19.8 Å². The topological polar surface area (TPSA) is 54.1 Å². The average molecular weight is 336 g/mol. The van der Waals surface area contributed by atoms with E-state index in [1.54, 1.807) is 0 Å². The van der Waals surface area contributed by atoms with Crippen molar-refractivity contribution in [3.05, 3.63) is 71.9 Å². The number of H-pyrrole nitrogens is 1. The van der Waals surface area contributed by atoms with Gasteiger partial charge in [0.2, 0.25) is 0 Å². The van der Waals surface area contributed by atoms with Gasteiger partial charge in [0.1, 0.15) is 0 Å². The van der Waals surface area contributed by atoms with E-state index in [0.717, 1.165) is 41.6 Å². The van der Waals surface area contributed by atoms with Crippen LogP contribution in [0.4, 0.5) is 0 Å². The molecule has 2 N–H and O–H groups in total. The van der Waals surface area contributed by atoms with Gasteiger partial charge in [-0.25, -0.2) is 0 Å². The van der Waals surface area contributed by atoms with Crippen LogP contribution in [0.3, 0.4) is 0 Å². The van der Waals surface area contributed by atoms with E-state index in [1.807, 2.05) is 67.7 Å². The highest BCUT2D eigenvalue weighted by Crippen LogP contribution is 2.24. The summed E-state index contributed by atoms with van der Waals surface area (Å²) < 4.78 is 5.38. The molecule has 25 heavy (non-hydrogen) atoms. The van der Waals surface area contributed by atoms with Crippen molar-refractivity contribution in [2.45, 2.75) is 19.4 Å². The lowest BCUT2D eigenvalue weighted by molar-refractivity contribution is 0.0939. The number of rotatable bonds is 9. The number of ether oxygens (including phenoxy) is 1. The van der Waals surface area contributed by atoms with Gasteiger partial charge in [-0.1, -0.05) is 48.5 Å². The number of benzene rings is 2. The second-order valence-corrected chi connectivity index (χ2v) is 5.96. The zero-order valence-electron chi connectivity index (χ0n) is 14.5. The van der Waals surface area contributed by atoms with Crippen LogP contribution in [0.25, 0.3) is 10.9 Å². The Balaban J connectivity index is 1.82. The van der Waals surface area contributed by atoms with Gasteiger partial charge in [0.15, 0.2) is 5.78 Å². The van der Waals surface area contributed by atoms with Crippen LogP contribution in [0, 0.1) is 0 Å². The molecule has 0 fully saturated rings. The molecule has 4 nitrogen and oxygen atoms in total. The van der Waals surface area contributed by atoms with Crippen molar-refractivity contribution in [1.82, 2.24) is 10.3 Å². The van der Waals surface area contributed by atoms with Crippen LogP contribution in [0.1, 0.15) is 35.3 Å². The maximum atomic E-state index is 13.2. The fourth-order valence-electron chi connectivity index (χ4n) is 3.00. The minimum Gasteiger partial charge on any atom is -0.382 e. The fourth-order valence-corrected chi connectivity index (χ4v) is 3.00. The summed E-state index contributed by atoms with van der Waals surface area (Å²) in [5.74, 6) is 0.0834. The summed E-state index contributed by atoms with van der Waals surface area (Å²) in [7, 11) is 0. The van der Waals surface area contributed by atoms with Gasteiger partial charge in [-0.15, -0.1) is 0 Å². The van der Waals surface area contributed by atoms with Crippen LogP contribution in [0.15, 0.2) is 60.8 Å². The monoisotopic (exact) mass is 336 g/mol. The molecule has 3 aromatic rings. The number of carbonyl (C=O) groups is 1. The van der Waals surface area contributed by atoms with Gasteiger partial charge >= 0.3 is 0 Å². The zero-order valence-corrected chi connectivity index (χ0v) is 14.5. The normalized spacial score (nSPS) is 12.4. The molecule has 0 aliphatic rings. The molecule has 0 saturated carbocycles. The highest BCUT2D eigenvalue weighted by atomic mass is 16.5. The van der Waals surface area contributed by atoms with Crippen LogP contribution in [-0.2, 0) is 4.74 Å². The van der Waals surface area contributed by atoms with Gasteiger partial charge in [0, 0.05) is 35.9 Å². The van der Waals surface area contributed by atoms with Crippen molar-refractivity contribution in [3.8, 4) is 0 Å². The van der Waals surface area contributed by atoms with Gasteiger partial charge in [-0.3, -0.25) is 4.79 Å². The first-order valence-corrected chi connectivity index (χ1v) is 8.77. The van der Waals surface area contributed by atoms with Crippen LogP contribution in [0.5, 0.6) is 0 Å². The van der Waals surface area contributed by atoms with Gasteiger partial charge in [0.05, 0.1) is 6.04 Å². The summed E-state index contributed by atoms with van der Waals surface area (Å²) in [4.78, 5) is 16.4. The number of carbonyl (C=O) groups excluding carboxylic acids is 1.